The summed E-state index contributed by atoms with van der Waals surface area (Å²) in [6.45, 7) is 10.8. The molecule has 0 aliphatic heterocycles. The van der Waals surface area contributed by atoms with Crippen molar-refractivity contribution in [3.63, 3.8) is 0 Å². The maximum Gasteiger partial charge on any atom is 0.264 e. The quantitative estimate of drug-likeness (QED) is 0.100. The van der Waals surface area contributed by atoms with Crippen LogP contribution in [-0.4, -0.2) is 30.4 Å². The Labute approximate surface area is 296 Å². The van der Waals surface area contributed by atoms with Crippen LogP contribution in [0.2, 0.25) is 0 Å². The highest BCUT2D eigenvalue weighted by Crippen LogP contribution is 2.30. The summed E-state index contributed by atoms with van der Waals surface area (Å²) in [5, 5.41) is 3.13. The molecule has 0 saturated carbocycles. The molecule has 1 atom stereocenters. The van der Waals surface area contributed by atoms with E-state index in [1.807, 2.05) is 48.5 Å². The molecule has 5 aromatic rings. The topological polar surface area (TPSA) is 101 Å². The van der Waals surface area contributed by atoms with E-state index in [9.17, 15) is 18.0 Å². The predicted molar refractivity (Wildman–Crippen MR) is 203 cm³/mol. The lowest BCUT2D eigenvalue weighted by atomic mass is 9.86. The van der Waals surface area contributed by atoms with E-state index in [0.29, 0.717) is 17.7 Å². The van der Waals surface area contributed by atoms with E-state index in [0.717, 1.165) is 33.4 Å². The molecule has 0 fully saturated rings. The molecule has 50 heavy (non-hydrogen) atoms. The fourth-order valence-electron chi connectivity index (χ4n) is 6.15. The number of benzene rings is 5. The zero-order valence-corrected chi connectivity index (χ0v) is 30.2. The van der Waals surface area contributed by atoms with Crippen molar-refractivity contribution in [3.05, 3.63) is 149 Å². The van der Waals surface area contributed by atoms with Crippen LogP contribution in [0.25, 0.3) is 22.3 Å². The average molecular weight is 688 g/mol. The first-order valence-corrected chi connectivity index (χ1v) is 18.5. The van der Waals surface area contributed by atoms with E-state index in [1.165, 1.54) is 16.7 Å². The fourth-order valence-corrected chi connectivity index (χ4v) is 6.66. The van der Waals surface area contributed by atoms with Gasteiger partial charge in [-0.25, -0.2) is 0 Å². The first-order chi connectivity index (χ1) is 23.7. The monoisotopic (exact) mass is 687 g/mol. The third-order valence-electron chi connectivity index (χ3n) is 9.08. The Balaban J connectivity index is 1.37. The van der Waals surface area contributed by atoms with Crippen LogP contribution in [-0.2, 0) is 26.7 Å². The minimum absolute atomic E-state index is 0.0116. The van der Waals surface area contributed by atoms with E-state index in [1.54, 1.807) is 12.1 Å². The molecule has 0 spiro atoms. The predicted octanol–water partition coefficient (Wildman–Crippen LogP) is 9.75. The fraction of sp³-hybridized carbons (Fsp3) is 0.256. The van der Waals surface area contributed by atoms with Crippen molar-refractivity contribution in [1.82, 2.24) is 0 Å². The molecule has 5 aromatic carbocycles. The van der Waals surface area contributed by atoms with Gasteiger partial charge in [0.15, 0.2) is 5.78 Å². The number of amides is 1. The molecule has 6 nitrogen and oxygen atoms in total. The number of rotatable bonds is 12. The van der Waals surface area contributed by atoms with Crippen LogP contribution in [0.3, 0.4) is 0 Å². The molecule has 0 aliphatic carbocycles. The summed E-state index contributed by atoms with van der Waals surface area (Å²) in [5.41, 5.74) is 11.0. The summed E-state index contributed by atoms with van der Waals surface area (Å²) < 4.78 is 31.0. The third-order valence-corrected chi connectivity index (χ3v) is 9.89. The van der Waals surface area contributed by atoms with Crippen LogP contribution < -0.4 is 5.32 Å². The molecular weight excluding hydrogens is 643 g/mol. The summed E-state index contributed by atoms with van der Waals surface area (Å²) in [4.78, 5) is 26.6. The second kappa shape index (κ2) is 15.4. The molecule has 7 heteroatoms. The number of Topliss-reactive ketones (excluding diaryl/α,β-unsaturated/α-hetero) is 1. The van der Waals surface area contributed by atoms with Crippen molar-refractivity contribution in [1.29, 1.82) is 0 Å². The van der Waals surface area contributed by atoms with E-state index in [4.69, 9.17) is 4.55 Å². The van der Waals surface area contributed by atoms with Crippen molar-refractivity contribution < 1.29 is 22.6 Å². The summed E-state index contributed by atoms with van der Waals surface area (Å²) in [5.74, 6) is -1.31. The van der Waals surface area contributed by atoms with Crippen LogP contribution in [0.5, 0.6) is 0 Å². The van der Waals surface area contributed by atoms with Crippen molar-refractivity contribution in [3.8, 4) is 22.3 Å². The highest BCUT2D eigenvalue weighted by atomic mass is 32.2. The molecule has 1 amide bonds. The van der Waals surface area contributed by atoms with E-state index >= 15 is 0 Å². The Kier molecular flexibility index (Phi) is 11.2. The number of anilines is 1. The summed E-state index contributed by atoms with van der Waals surface area (Å²) in [6.07, 6.45) is 0.463. The van der Waals surface area contributed by atoms with Crippen molar-refractivity contribution in [2.75, 3.05) is 11.1 Å². The van der Waals surface area contributed by atoms with Crippen LogP contribution in [0.1, 0.15) is 77.7 Å². The Morgan fingerprint density at radius 2 is 1.32 bits per heavy atom. The van der Waals surface area contributed by atoms with Crippen molar-refractivity contribution in [2.45, 2.75) is 65.2 Å². The smallest absolute Gasteiger partial charge is 0.264 e. The second-order valence-corrected chi connectivity index (χ2v) is 15.7. The second-order valence-electron chi connectivity index (χ2n) is 14.1. The standard InChI is InChI=1S/C43H45NO5S/c1-29-8-25-39(30(2)27-29)34-19-23-38(24-20-34)44-42(46)40(28-31-9-11-36(12-10-31)41(45)7-6-26-50(47,48)49)35-15-13-32(14-16-35)33-17-21-37(22-18-33)43(3,4)5/h8-25,27,40H,6-7,26,28H2,1-5H3,(H,44,46)(H,47,48,49). The minimum atomic E-state index is -4.11. The molecular formula is C43H45NO5S. The van der Waals surface area contributed by atoms with Gasteiger partial charge in [-0.1, -0.05) is 129 Å². The Morgan fingerprint density at radius 3 is 1.88 bits per heavy atom. The van der Waals surface area contributed by atoms with Crippen LogP contribution >= 0.6 is 0 Å². The Morgan fingerprint density at radius 1 is 0.740 bits per heavy atom. The zero-order chi connectivity index (χ0) is 36.1. The van der Waals surface area contributed by atoms with E-state index in [-0.39, 0.29) is 29.9 Å². The number of aryl methyl sites for hydroxylation is 2. The van der Waals surface area contributed by atoms with Gasteiger partial charge in [-0.15, -0.1) is 0 Å². The molecule has 5 rings (SSSR count). The molecule has 2 N–H and O–H groups in total. The lowest BCUT2D eigenvalue weighted by molar-refractivity contribution is -0.117. The number of carbonyl (C=O) groups is 2. The highest BCUT2D eigenvalue weighted by Gasteiger charge is 2.22. The number of nitrogens with one attached hydrogen (secondary N) is 1. The van der Waals surface area contributed by atoms with E-state index in [2.05, 4.69) is 94.5 Å². The number of hydrogen-bond acceptors (Lipinski definition) is 4. The Hall–Kier alpha value is -4.85. The minimum Gasteiger partial charge on any atom is -0.326 e. The lowest BCUT2D eigenvalue weighted by Crippen LogP contribution is -2.23. The van der Waals surface area contributed by atoms with Gasteiger partial charge in [-0.3, -0.25) is 14.1 Å². The van der Waals surface area contributed by atoms with Crippen molar-refractivity contribution >= 4 is 27.5 Å². The summed E-state index contributed by atoms with van der Waals surface area (Å²) >= 11 is 0. The largest absolute Gasteiger partial charge is 0.326 e. The lowest BCUT2D eigenvalue weighted by Gasteiger charge is -2.20. The normalized spacial score (nSPS) is 12.4. The zero-order valence-electron chi connectivity index (χ0n) is 29.4. The van der Waals surface area contributed by atoms with Gasteiger partial charge in [-0.05, 0) is 88.7 Å². The van der Waals surface area contributed by atoms with Crippen LogP contribution in [0, 0.1) is 13.8 Å². The first-order valence-electron chi connectivity index (χ1n) is 16.9. The average Bonchev–Trinajstić information content (AvgIpc) is 3.07. The first kappa shape index (κ1) is 36.4. The molecule has 0 saturated heterocycles. The molecule has 0 heterocycles. The van der Waals surface area contributed by atoms with Gasteiger partial charge in [0, 0.05) is 17.7 Å². The number of hydrogen-bond donors (Lipinski definition) is 2. The number of carbonyl (C=O) groups excluding carboxylic acids is 2. The van der Waals surface area contributed by atoms with Gasteiger partial charge in [0.1, 0.15) is 0 Å². The maximum absolute atomic E-state index is 14.0. The molecule has 258 valence electrons. The van der Waals surface area contributed by atoms with Gasteiger partial charge in [-0.2, -0.15) is 8.42 Å². The van der Waals surface area contributed by atoms with E-state index < -0.39 is 21.8 Å². The maximum atomic E-state index is 14.0. The highest BCUT2D eigenvalue weighted by molar-refractivity contribution is 7.85. The van der Waals surface area contributed by atoms with Gasteiger partial charge in [0.05, 0.1) is 11.7 Å². The molecule has 0 radical (unpaired) electrons. The molecule has 1 unspecified atom stereocenters. The SMILES string of the molecule is Cc1ccc(-c2ccc(NC(=O)C(Cc3ccc(C(=O)CCCS(=O)(=O)O)cc3)c3ccc(-c4ccc(C(C)(C)C)cc4)cc3)cc2)c(C)c1. The molecule has 0 aliphatic rings. The van der Waals surface area contributed by atoms with Gasteiger partial charge in [0.2, 0.25) is 5.91 Å². The molecule has 0 bridgehead atoms. The van der Waals surface area contributed by atoms with Gasteiger partial charge < -0.3 is 5.32 Å². The summed E-state index contributed by atoms with van der Waals surface area (Å²) in [6, 6.07) is 38.1. The van der Waals surface area contributed by atoms with Crippen LogP contribution in [0.15, 0.2) is 115 Å². The van der Waals surface area contributed by atoms with Gasteiger partial charge in [0.25, 0.3) is 10.1 Å². The third kappa shape index (κ3) is 9.65. The summed E-state index contributed by atoms with van der Waals surface area (Å²) in [7, 11) is -4.11. The van der Waals surface area contributed by atoms with Gasteiger partial charge >= 0.3 is 0 Å². The molecule has 0 aromatic heterocycles. The number of ketones is 1. The van der Waals surface area contributed by atoms with Crippen LogP contribution in [0.4, 0.5) is 5.69 Å². The Bertz CT molecular complexity index is 2060. The van der Waals surface area contributed by atoms with Crippen molar-refractivity contribution in [2.24, 2.45) is 0 Å².